The monoisotopic (exact) mass is 416 g/mol. The zero-order valence-electron chi connectivity index (χ0n) is 16.0. The molecule has 1 aromatic heterocycles. The molecule has 8 heteroatoms. The van der Waals surface area contributed by atoms with Crippen LogP contribution in [0.5, 0.6) is 5.75 Å². The van der Waals surface area contributed by atoms with E-state index in [0.717, 1.165) is 48.5 Å². The van der Waals surface area contributed by atoms with E-state index in [9.17, 15) is 4.79 Å². The van der Waals surface area contributed by atoms with Gasteiger partial charge in [0.25, 0.3) is 6.01 Å². The lowest BCUT2D eigenvalue weighted by Crippen LogP contribution is -2.38. The highest BCUT2D eigenvalue weighted by Gasteiger charge is 2.27. The quantitative estimate of drug-likeness (QED) is 0.639. The lowest BCUT2D eigenvalue weighted by Gasteiger charge is -2.30. The molecule has 0 aliphatic carbocycles. The molecule has 2 aromatic carbocycles. The highest BCUT2D eigenvalue weighted by molar-refractivity contribution is 5.92. The maximum atomic E-state index is 12.6. The number of nitrogens with zero attached hydrogens (tertiary/aromatic N) is 2. The summed E-state index contributed by atoms with van der Waals surface area (Å²) in [7, 11) is 0. The Morgan fingerprint density at radius 2 is 1.90 bits per heavy atom. The van der Waals surface area contributed by atoms with Crippen LogP contribution in [0.15, 0.2) is 52.9 Å². The van der Waals surface area contributed by atoms with Crippen molar-refractivity contribution < 1.29 is 13.9 Å². The number of hydrogen-bond acceptors (Lipinski definition) is 6. The number of fused-ring (bicyclic) bond motifs is 1. The Bertz CT molecular complexity index is 904. The molecule has 29 heavy (non-hydrogen) atoms. The summed E-state index contributed by atoms with van der Waals surface area (Å²) in [6.07, 6.45) is 1.53. The van der Waals surface area contributed by atoms with Crippen molar-refractivity contribution in [2.24, 2.45) is 11.7 Å². The molecule has 0 saturated carbocycles. The third-order valence-electron chi connectivity index (χ3n) is 4.93. The van der Waals surface area contributed by atoms with Crippen molar-refractivity contribution in [3.63, 3.8) is 0 Å². The summed E-state index contributed by atoms with van der Waals surface area (Å²) in [5.74, 6) is 0.775. The third kappa shape index (κ3) is 4.99. The summed E-state index contributed by atoms with van der Waals surface area (Å²) in [6.45, 7) is 2.44. The molecule has 2 heterocycles. The smallest absolute Gasteiger partial charge is 0.298 e. The van der Waals surface area contributed by atoms with Crippen molar-refractivity contribution >= 4 is 41.1 Å². The van der Waals surface area contributed by atoms with Gasteiger partial charge in [-0.2, -0.15) is 4.98 Å². The standard InChI is InChI=1S/C21H24N4O3.ClH/c22-11-14-27-17-7-5-16(6-8-17)23-20(26)15-9-12-25(13-10-15)21-24-18-3-1-2-4-19(18)28-21;/h1-8,15H,9-14,22H2,(H,23,26);1H. The predicted molar refractivity (Wildman–Crippen MR) is 116 cm³/mol. The summed E-state index contributed by atoms with van der Waals surface area (Å²) in [5.41, 5.74) is 7.84. The highest BCUT2D eigenvalue weighted by atomic mass is 35.5. The van der Waals surface area contributed by atoms with E-state index < -0.39 is 0 Å². The molecule has 154 valence electrons. The Morgan fingerprint density at radius 1 is 1.17 bits per heavy atom. The van der Waals surface area contributed by atoms with Crippen LogP contribution in [-0.4, -0.2) is 37.1 Å². The van der Waals surface area contributed by atoms with Crippen molar-refractivity contribution in [2.75, 3.05) is 36.5 Å². The van der Waals surface area contributed by atoms with Crippen molar-refractivity contribution in [3.8, 4) is 5.75 Å². The maximum absolute atomic E-state index is 12.6. The number of hydrogen-bond donors (Lipinski definition) is 2. The topological polar surface area (TPSA) is 93.6 Å². The number of ether oxygens (including phenoxy) is 1. The van der Waals surface area contributed by atoms with Gasteiger partial charge in [-0.1, -0.05) is 12.1 Å². The number of piperidine rings is 1. The van der Waals surface area contributed by atoms with Crippen molar-refractivity contribution in [2.45, 2.75) is 12.8 Å². The van der Waals surface area contributed by atoms with E-state index in [1.807, 2.05) is 48.5 Å². The Morgan fingerprint density at radius 3 is 2.59 bits per heavy atom. The number of carbonyl (C=O) groups is 1. The van der Waals surface area contributed by atoms with Gasteiger partial charge in [0.15, 0.2) is 5.58 Å². The average molecular weight is 417 g/mol. The molecule has 1 aliphatic rings. The number of rotatable bonds is 6. The number of nitrogens with one attached hydrogen (secondary N) is 1. The van der Waals surface area contributed by atoms with E-state index in [1.54, 1.807) is 0 Å². The van der Waals surface area contributed by atoms with Crippen LogP contribution in [-0.2, 0) is 4.79 Å². The van der Waals surface area contributed by atoms with Crippen molar-refractivity contribution in [1.82, 2.24) is 4.98 Å². The SMILES string of the molecule is Cl.NCCOc1ccc(NC(=O)C2CCN(c3nc4ccccc4o3)CC2)cc1. The van der Waals surface area contributed by atoms with Gasteiger partial charge in [0.1, 0.15) is 17.9 Å². The van der Waals surface area contributed by atoms with E-state index in [2.05, 4.69) is 15.2 Å². The molecule has 1 aliphatic heterocycles. The third-order valence-corrected chi connectivity index (χ3v) is 4.93. The fourth-order valence-corrected chi connectivity index (χ4v) is 3.38. The highest BCUT2D eigenvalue weighted by Crippen LogP contribution is 2.27. The van der Waals surface area contributed by atoms with Crippen molar-refractivity contribution in [1.29, 1.82) is 0 Å². The number of halogens is 1. The first-order valence-corrected chi connectivity index (χ1v) is 9.57. The first kappa shape index (κ1) is 21.0. The van der Waals surface area contributed by atoms with Crippen molar-refractivity contribution in [3.05, 3.63) is 48.5 Å². The molecule has 3 N–H and O–H groups in total. The second kappa shape index (κ2) is 9.62. The van der Waals surface area contributed by atoms with Gasteiger partial charge >= 0.3 is 0 Å². The minimum atomic E-state index is -0.0196. The number of amides is 1. The Labute approximate surface area is 175 Å². The lowest BCUT2D eigenvalue weighted by atomic mass is 9.96. The van der Waals surface area contributed by atoms with Crippen LogP contribution >= 0.6 is 12.4 Å². The molecule has 0 bridgehead atoms. The molecular weight excluding hydrogens is 392 g/mol. The second-order valence-corrected chi connectivity index (χ2v) is 6.88. The van der Waals surface area contributed by atoms with E-state index in [0.29, 0.717) is 19.2 Å². The Kier molecular flexibility index (Phi) is 6.95. The first-order chi connectivity index (χ1) is 13.7. The summed E-state index contributed by atoms with van der Waals surface area (Å²) < 4.78 is 11.3. The van der Waals surface area contributed by atoms with Gasteiger partial charge in [-0.05, 0) is 49.2 Å². The van der Waals surface area contributed by atoms with E-state index in [1.165, 1.54) is 0 Å². The Balaban J connectivity index is 0.00000240. The molecule has 3 aromatic rings. The molecule has 7 nitrogen and oxygen atoms in total. The molecule has 1 saturated heterocycles. The summed E-state index contributed by atoms with van der Waals surface area (Å²) in [5, 5.41) is 2.99. The summed E-state index contributed by atoms with van der Waals surface area (Å²) >= 11 is 0. The minimum Gasteiger partial charge on any atom is -0.492 e. The van der Waals surface area contributed by atoms with Crippen LogP contribution in [0.4, 0.5) is 11.7 Å². The summed E-state index contributed by atoms with van der Waals surface area (Å²) in [6, 6.07) is 15.7. The van der Waals surface area contributed by atoms with Crippen LogP contribution in [0.3, 0.4) is 0 Å². The van der Waals surface area contributed by atoms with Gasteiger partial charge in [0, 0.05) is 31.2 Å². The van der Waals surface area contributed by atoms with Gasteiger partial charge in [-0.3, -0.25) is 4.79 Å². The number of carbonyl (C=O) groups excluding carboxylic acids is 1. The largest absolute Gasteiger partial charge is 0.492 e. The molecule has 0 atom stereocenters. The lowest BCUT2D eigenvalue weighted by molar-refractivity contribution is -0.120. The molecule has 0 unspecified atom stereocenters. The van der Waals surface area contributed by atoms with Crippen LogP contribution in [0.2, 0.25) is 0 Å². The second-order valence-electron chi connectivity index (χ2n) is 6.88. The Hall–Kier alpha value is -2.77. The van der Waals surface area contributed by atoms with Crippen LogP contribution < -0.4 is 20.7 Å². The molecule has 0 radical (unpaired) electrons. The number of benzene rings is 2. The van der Waals surface area contributed by atoms with Crippen LogP contribution in [0.25, 0.3) is 11.1 Å². The number of nitrogens with two attached hydrogens (primary N) is 1. The maximum Gasteiger partial charge on any atom is 0.298 e. The zero-order chi connectivity index (χ0) is 19.3. The zero-order valence-corrected chi connectivity index (χ0v) is 16.9. The fraction of sp³-hybridized carbons (Fsp3) is 0.333. The van der Waals surface area contributed by atoms with E-state index in [4.69, 9.17) is 14.9 Å². The normalized spacial score (nSPS) is 14.4. The first-order valence-electron chi connectivity index (χ1n) is 9.57. The number of oxazole rings is 1. The van der Waals surface area contributed by atoms with Gasteiger partial charge in [0.05, 0.1) is 0 Å². The number of anilines is 2. The molecular formula is C21H25ClN4O3. The van der Waals surface area contributed by atoms with Crippen LogP contribution in [0.1, 0.15) is 12.8 Å². The predicted octanol–water partition coefficient (Wildman–Crippen LogP) is 3.44. The van der Waals surface area contributed by atoms with E-state index >= 15 is 0 Å². The van der Waals surface area contributed by atoms with Gasteiger partial charge in [-0.15, -0.1) is 12.4 Å². The minimum absolute atomic E-state index is 0. The molecule has 4 rings (SSSR count). The fourth-order valence-electron chi connectivity index (χ4n) is 3.38. The molecule has 0 spiro atoms. The molecule has 1 fully saturated rings. The number of aromatic nitrogens is 1. The van der Waals surface area contributed by atoms with Gasteiger partial charge < -0.3 is 25.1 Å². The molecule has 1 amide bonds. The van der Waals surface area contributed by atoms with Gasteiger partial charge in [-0.25, -0.2) is 0 Å². The summed E-state index contributed by atoms with van der Waals surface area (Å²) in [4.78, 5) is 19.2. The number of para-hydroxylation sites is 2. The average Bonchev–Trinajstić information content (AvgIpc) is 3.18. The van der Waals surface area contributed by atoms with Crippen LogP contribution in [0, 0.1) is 5.92 Å². The van der Waals surface area contributed by atoms with Gasteiger partial charge in [0.2, 0.25) is 5.91 Å². The van der Waals surface area contributed by atoms with E-state index in [-0.39, 0.29) is 24.2 Å².